The monoisotopic (exact) mass is 328 g/mol. The van der Waals surface area contributed by atoms with E-state index in [4.69, 9.17) is 0 Å². The Labute approximate surface area is 118 Å². The predicted molar refractivity (Wildman–Crippen MR) is 76.5 cm³/mol. The molecule has 0 aliphatic heterocycles. The first-order chi connectivity index (χ1) is 8.60. The van der Waals surface area contributed by atoms with Crippen molar-refractivity contribution >= 4 is 27.3 Å². The number of hydrogen-bond acceptors (Lipinski definition) is 2. The van der Waals surface area contributed by atoms with Gasteiger partial charge in [-0.25, -0.2) is 4.39 Å². The van der Waals surface area contributed by atoms with Crippen LogP contribution in [0.2, 0.25) is 0 Å². The van der Waals surface area contributed by atoms with E-state index in [1.807, 2.05) is 6.07 Å². The van der Waals surface area contributed by atoms with Crippen LogP contribution in [-0.2, 0) is 12.8 Å². The van der Waals surface area contributed by atoms with Crippen LogP contribution in [-0.4, -0.2) is 5.11 Å². The molecular formula is C14H14BrFOS. The van der Waals surface area contributed by atoms with Crippen molar-refractivity contribution in [3.05, 3.63) is 55.9 Å². The number of thiophene rings is 1. The zero-order chi connectivity index (χ0) is 13.1. The van der Waals surface area contributed by atoms with Gasteiger partial charge in [-0.1, -0.05) is 22.9 Å². The molecule has 18 heavy (non-hydrogen) atoms. The Hall–Kier alpha value is -0.710. The zero-order valence-electron chi connectivity index (χ0n) is 9.99. The molecular weight excluding hydrogens is 315 g/mol. The third-order valence-corrected chi connectivity index (χ3v) is 4.52. The molecule has 1 heterocycles. The minimum atomic E-state index is -0.800. The highest BCUT2D eigenvalue weighted by Crippen LogP contribution is 2.27. The molecule has 0 saturated carbocycles. The number of rotatable bonds is 4. The fourth-order valence-electron chi connectivity index (χ4n) is 1.79. The Balaban J connectivity index is 2.16. The van der Waals surface area contributed by atoms with Crippen molar-refractivity contribution < 1.29 is 9.50 Å². The lowest BCUT2D eigenvalue weighted by Crippen LogP contribution is -2.03. The molecule has 0 aliphatic carbocycles. The third-order valence-electron chi connectivity index (χ3n) is 2.78. The molecule has 1 aromatic heterocycles. The van der Waals surface area contributed by atoms with E-state index in [2.05, 4.69) is 28.9 Å². The topological polar surface area (TPSA) is 20.2 Å². The molecule has 1 nitrogen and oxygen atoms in total. The summed E-state index contributed by atoms with van der Waals surface area (Å²) in [5.41, 5.74) is 0.343. The molecule has 0 saturated heterocycles. The molecule has 0 radical (unpaired) electrons. The lowest BCUT2D eigenvalue weighted by Gasteiger charge is -2.11. The molecule has 1 N–H and O–H groups in total. The average Bonchev–Trinajstić information content (AvgIpc) is 2.80. The summed E-state index contributed by atoms with van der Waals surface area (Å²) >= 11 is 4.96. The first-order valence-corrected chi connectivity index (χ1v) is 7.41. The van der Waals surface area contributed by atoms with Crippen molar-refractivity contribution in [3.63, 3.8) is 0 Å². The molecule has 1 unspecified atom stereocenters. The minimum Gasteiger partial charge on any atom is -0.388 e. The van der Waals surface area contributed by atoms with Crippen LogP contribution in [0.5, 0.6) is 0 Å². The van der Waals surface area contributed by atoms with Crippen LogP contribution in [0.15, 0.2) is 34.8 Å². The van der Waals surface area contributed by atoms with Gasteiger partial charge in [0.15, 0.2) is 0 Å². The largest absolute Gasteiger partial charge is 0.388 e. The van der Waals surface area contributed by atoms with Crippen molar-refractivity contribution in [3.8, 4) is 0 Å². The van der Waals surface area contributed by atoms with Gasteiger partial charge in [0.25, 0.3) is 0 Å². The highest BCUT2D eigenvalue weighted by Gasteiger charge is 2.14. The number of benzene rings is 1. The van der Waals surface area contributed by atoms with Crippen LogP contribution in [0.4, 0.5) is 4.39 Å². The number of aliphatic hydroxyl groups is 1. The zero-order valence-corrected chi connectivity index (χ0v) is 12.4. The van der Waals surface area contributed by atoms with E-state index >= 15 is 0 Å². The van der Waals surface area contributed by atoms with Crippen molar-refractivity contribution in [2.45, 2.75) is 25.9 Å². The van der Waals surface area contributed by atoms with E-state index in [1.165, 1.54) is 10.9 Å². The van der Waals surface area contributed by atoms with Gasteiger partial charge in [0, 0.05) is 26.2 Å². The van der Waals surface area contributed by atoms with Crippen LogP contribution in [0, 0.1) is 5.82 Å². The first kappa shape index (κ1) is 13.7. The number of halogens is 2. The van der Waals surface area contributed by atoms with Crippen LogP contribution < -0.4 is 0 Å². The molecule has 0 fully saturated rings. The summed E-state index contributed by atoms with van der Waals surface area (Å²) in [6, 6.07) is 8.70. The molecule has 0 amide bonds. The smallest absolute Gasteiger partial charge is 0.129 e. The average molecular weight is 329 g/mol. The second-order valence-electron chi connectivity index (χ2n) is 4.11. The van der Waals surface area contributed by atoms with Gasteiger partial charge in [-0.3, -0.25) is 0 Å². The van der Waals surface area contributed by atoms with Crippen LogP contribution in [0.1, 0.15) is 28.3 Å². The van der Waals surface area contributed by atoms with Crippen LogP contribution in [0.25, 0.3) is 0 Å². The molecule has 0 aliphatic rings. The highest BCUT2D eigenvalue weighted by molar-refractivity contribution is 9.10. The maximum absolute atomic E-state index is 13.6. The second kappa shape index (κ2) is 5.95. The van der Waals surface area contributed by atoms with Crippen molar-refractivity contribution in [2.24, 2.45) is 0 Å². The Morgan fingerprint density at radius 2 is 2.00 bits per heavy atom. The van der Waals surface area contributed by atoms with Crippen molar-refractivity contribution in [2.75, 3.05) is 0 Å². The minimum absolute atomic E-state index is 0.343. The summed E-state index contributed by atoms with van der Waals surface area (Å²) in [6.07, 6.45) is 0.648. The standard InChI is InChI=1S/C14H14BrFOS/c1-2-10-4-5-11(18-10)8-14(17)12-7-9(15)3-6-13(12)16/h3-7,14,17H,2,8H2,1H3. The summed E-state index contributed by atoms with van der Waals surface area (Å²) < 4.78 is 14.4. The summed E-state index contributed by atoms with van der Waals surface area (Å²) in [7, 11) is 0. The Morgan fingerprint density at radius 1 is 1.28 bits per heavy atom. The maximum Gasteiger partial charge on any atom is 0.129 e. The fraction of sp³-hybridized carbons (Fsp3) is 0.286. The molecule has 0 spiro atoms. The normalized spacial score (nSPS) is 12.7. The molecule has 1 aromatic carbocycles. The van der Waals surface area contributed by atoms with Crippen molar-refractivity contribution in [1.82, 2.24) is 0 Å². The quantitative estimate of drug-likeness (QED) is 0.876. The van der Waals surface area contributed by atoms with Crippen molar-refractivity contribution in [1.29, 1.82) is 0 Å². The number of aryl methyl sites for hydroxylation is 1. The van der Waals surface area contributed by atoms with Gasteiger partial charge in [-0.2, -0.15) is 0 Å². The number of aliphatic hydroxyl groups excluding tert-OH is 1. The highest BCUT2D eigenvalue weighted by atomic mass is 79.9. The van der Waals surface area contributed by atoms with Gasteiger partial charge < -0.3 is 5.11 Å². The van der Waals surface area contributed by atoms with E-state index in [1.54, 1.807) is 23.5 Å². The van der Waals surface area contributed by atoms with E-state index in [0.29, 0.717) is 12.0 Å². The maximum atomic E-state index is 13.6. The van der Waals surface area contributed by atoms with Gasteiger partial charge in [-0.05, 0) is 36.8 Å². The van der Waals surface area contributed by atoms with Gasteiger partial charge >= 0.3 is 0 Å². The van der Waals surface area contributed by atoms with E-state index < -0.39 is 6.10 Å². The van der Waals surface area contributed by atoms with E-state index in [0.717, 1.165) is 15.8 Å². The second-order valence-corrected chi connectivity index (χ2v) is 6.28. The van der Waals surface area contributed by atoms with E-state index in [-0.39, 0.29) is 5.82 Å². The fourth-order valence-corrected chi connectivity index (χ4v) is 3.17. The Kier molecular flexibility index (Phi) is 4.54. The molecule has 4 heteroatoms. The van der Waals surface area contributed by atoms with Crippen LogP contribution >= 0.6 is 27.3 Å². The lowest BCUT2D eigenvalue weighted by molar-refractivity contribution is 0.174. The Morgan fingerprint density at radius 3 is 2.67 bits per heavy atom. The summed E-state index contributed by atoms with van der Waals surface area (Å²) in [4.78, 5) is 2.37. The molecule has 2 rings (SSSR count). The van der Waals surface area contributed by atoms with Crippen LogP contribution in [0.3, 0.4) is 0 Å². The van der Waals surface area contributed by atoms with Gasteiger partial charge in [-0.15, -0.1) is 11.3 Å². The molecule has 0 bridgehead atoms. The number of hydrogen-bond donors (Lipinski definition) is 1. The molecule has 1 atom stereocenters. The summed E-state index contributed by atoms with van der Waals surface area (Å²) in [5, 5.41) is 10.1. The Bertz CT molecular complexity index is 538. The van der Waals surface area contributed by atoms with Gasteiger partial charge in [0.2, 0.25) is 0 Å². The third kappa shape index (κ3) is 3.19. The first-order valence-electron chi connectivity index (χ1n) is 5.80. The lowest BCUT2D eigenvalue weighted by atomic mass is 10.1. The SMILES string of the molecule is CCc1ccc(CC(O)c2cc(Br)ccc2F)s1. The summed E-state index contributed by atoms with van der Waals surface area (Å²) in [6.45, 7) is 2.10. The molecule has 96 valence electrons. The predicted octanol–water partition coefficient (Wildman–Crippen LogP) is 4.49. The van der Waals surface area contributed by atoms with E-state index in [9.17, 15) is 9.50 Å². The summed E-state index contributed by atoms with van der Waals surface area (Å²) in [5.74, 6) is -0.363. The molecule has 2 aromatic rings. The van der Waals surface area contributed by atoms with Gasteiger partial charge in [0.1, 0.15) is 5.82 Å². The van der Waals surface area contributed by atoms with Gasteiger partial charge in [0.05, 0.1) is 6.10 Å².